The molecule has 0 amide bonds. The van der Waals surface area contributed by atoms with Crippen LogP contribution in [0.4, 0.5) is 4.39 Å². The number of hydrogen-bond donors (Lipinski definition) is 0. The quantitative estimate of drug-likeness (QED) is 0.700. The molecule has 0 bridgehead atoms. The van der Waals surface area contributed by atoms with Crippen molar-refractivity contribution in [1.29, 1.82) is 0 Å². The van der Waals surface area contributed by atoms with Gasteiger partial charge >= 0.3 is 0 Å². The molecular formula is C15H13BrClFO. The van der Waals surface area contributed by atoms with Gasteiger partial charge in [-0.25, -0.2) is 4.39 Å². The van der Waals surface area contributed by atoms with Crippen molar-refractivity contribution in [1.82, 2.24) is 0 Å². The fourth-order valence-electron chi connectivity index (χ4n) is 1.94. The maximum atomic E-state index is 13.4. The Bertz CT molecular complexity index is 554. The van der Waals surface area contributed by atoms with Crippen LogP contribution in [0, 0.1) is 5.82 Å². The third-order valence-electron chi connectivity index (χ3n) is 2.84. The molecule has 2 aromatic carbocycles. The Kier molecular flexibility index (Phi) is 4.83. The highest BCUT2D eigenvalue weighted by Gasteiger charge is 2.13. The second-order valence-corrected chi connectivity index (χ2v) is 5.63. The van der Waals surface area contributed by atoms with Crippen molar-refractivity contribution >= 4 is 27.5 Å². The van der Waals surface area contributed by atoms with Gasteiger partial charge in [0.2, 0.25) is 0 Å². The molecule has 0 fully saturated rings. The predicted octanol–water partition coefficient (Wildman–Crippen LogP) is 5.12. The fourth-order valence-corrected chi connectivity index (χ4v) is 2.71. The molecule has 0 aromatic heterocycles. The molecule has 0 aliphatic heterocycles. The minimum atomic E-state index is -0.303. The van der Waals surface area contributed by atoms with Crippen molar-refractivity contribution in [2.45, 2.75) is 11.8 Å². The highest BCUT2D eigenvalue weighted by Crippen LogP contribution is 2.31. The largest absolute Gasteiger partial charge is 0.496 e. The van der Waals surface area contributed by atoms with Gasteiger partial charge in [-0.2, -0.15) is 0 Å². The second kappa shape index (κ2) is 6.40. The van der Waals surface area contributed by atoms with Gasteiger partial charge in [0.15, 0.2) is 0 Å². The summed E-state index contributed by atoms with van der Waals surface area (Å²) < 4.78 is 19.3. The molecule has 1 unspecified atom stereocenters. The lowest BCUT2D eigenvalue weighted by Crippen LogP contribution is -1.99. The Morgan fingerprint density at radius 1 is 1.26 bits per heavy atom. The summed E-state index contributed by atoms with van der Waals surface area (Å²) in [7, 11) is 1.63. The number of para-hydroxylation sites is 1. The molecule has 2 aromatic rings. The molecule has 100 valence electrons. The Balaban J connectivity index is 2.22. The van der Waals surface area contributed by atoms with Crippen LogP contribution in [0.5, 0.6) is 5.75 Å². The van der Waals surface area contributed by atoms with Gasteiger partial charge in [-0.1, -0.05) is 34.1 Å². The van der Waals surface area contributed by atoms with E-state index in [0.717, 1.165) is 16.9 Å². The summed E-state index contributed by atoms with van der Waals surface area (Å²) in [4.78, 5) is 0. The lowest BCUT2D eigenvalue weighted by Gasteiger charge is -2.13. The molecule has 0 aliphatic rings. The van der Waals surface area contributed by atoms with Crippen molar-refractivity contribution in [2.24, 2.45) is 0 Å². The van der Waals surface area contributed by atoms with E-state index in [0.29, 0.717) is 10.9 Å². The number of rotatable bonds is 4. The van der Waals surface area contributed by atoms with Gasteiger partial charge < -0.3 is 4.74 Å². The third kappa shape index (κ3) is 3.71. The summed E-state index contributed by atoms with van der Waals surface area (Å²) in [6.45, 7) is 0. The lowest BCUT2D eigenvalue weighted by atomic mass is 10.0. The Labute approximate surface area is 125 Å². The molecule has 1 nitrogen and oxygen atoms in total. The molecule has 19 heavy (non-hydrogen) atoms. The van der Waals surface area contributed by atoms with E-state index in [1.54, 1.807) is 7.11 Å². The van der Waals surface area contributed by atoms with Crippen LogP contribution in [0.15, 0.2) is 46.9 Å². The minimum absolute atomic E-state index is 0.296. The van der Waals surface area contributed by atoms with Crippen LogP contribution in [0.25, 0.3) is 0 Å². The number of halogens is 3. The van der Waals surface area contributed by atoms with E-state index >= 15 is 0 Å². The summed E-state index contributed by atoms with van der Waals surface area (Å²) in [5, 5.41) is -0.303. The minimum Gasteiger partial charge on any atom is -0.496 e. The molecule has 0 spiro atoms. The van der Waals surface area contributed by atoms with Crippen molar-refractivity contribution in [3.05, 3.63) is 63.9 Å². The maximum absolute atomic E-state index is 13.4. The normalized spacial score (nSPS) is 12.2. The second-order valence-electron chi connectivity index (χ2n) is 4.19. The summed E-state index contributed by atoms with van der Waals surface area (Å²) >= 11 is 9.64. The first-order valence-corrected chi connectivity index (χ1v) is 7.05. The van der Waals surface area contributed by atoms with Crippen molar-refractivity contribution in [3.63, 3.8) is 0 Å². The first-order chi connectivity index (χ1) is 9.10. The van der Waals surface area contributed by atoms with Crippen molar-refractivity contribution in [3.8, 4) is 5.75 Å². The molecule has 1 atom stereocenters. The topological polar surface area (TPSA) is 9.23 Å². The Morgan fingerprint density at radius 3 is 2.68 bits per heavy atom. The molecule has 4 heteroatoms. The van der Waals surface area contributed by atoms with Crippen LogP contribution >= 0.6 is 27.5 Å². The van der Waals surface area contributed by atoms with Crippen LogP contribution in [0.2, 0.25) is 0 Å². The zero-order valence-electron chi connectivity index (χ0n) is 10.4. The SMILES string of the molecule is COc1ccccc1CC(Cl)c1cc(F)cc(Br)c1. The van der Waals surface area contributed by atoms with E-state index in [-0.39, 0.29) is 11.2 Å². The summed E-state index contributed by atoms with van der Waals surface area (Å²) in [6, 6.07) is 12.4. The van der Waals surface area contributed by atoms with E-state index in [1.165, 1.54) is 12.1 Å². The molecule has 0 saturated carbocycles. The third-order valence-corrected chi connectivity index (χ3v) is 3.70. The fraction of sp³-hybridized carbons (Fsp3) is 0.200. The van der Waals surface area contributed by atoms with Crippen LogP contribution in [0.3, 0.4) is 0 Å². The van der Waals surface area contributed by atoms with Gasteiger partial charge in [0.25, 0.3) is 0 Å². The molecule has 0 aliphatic carbocycles. The zero-order chi connectivity index (χ0) is 13.8. The first kappa shape index (κ1) is 14.4. The summed E-state index contributed by atoms with van der Waals surface area (Å²) in [5.41, 5.74) is 1.75. The van der Waals surface area contributed by atoms with E-state index < -0.39 is 0 Å². The number of benzene rings is 2. The highest BCUT2D eigenvalue weighted by molar-refractivity contribution is 9.10. The molecule has 0 saturated heterocycles. The van der Waals surface area contributed by atoms with Gasteiger partial charge in [0, 0.05) is 4.47 Å². The van der Waals surface area contributed by atoms with Crippen molar-refractivity contribution < 1.29 is 9.13 Å². The standard InChI is InChI=1S/C15H13BrClFO/c1-19-15-5-3-2-4-10(15)8-14(17)11-6-12(16)9-13(18)7-11/h2-7,9,14H,8H2,1H3. The van der Waals surface area contributed by atoms with E-state index in [4.69, 9.17) is 16.3 Å². The highest BCUT2D eigenvalue weighted by atomic mass is 79.9. The van der Waals surface area contributed by atoms with E-state index in [1.807, 2.05) is 30.3 Å². The molecule has 2 rings (SSSR count). The van der Waals surface area contributed by atoms with Gasteiger partial charge in [-0.15, -0.1) is 11.6 Å². The van der Waals surface area contributed by atoms with Gasteiger partial charge in [-0.05, 0) is 41.8 Å². The summed E-state index contributed by atoms with van der Waals surface area (Å²) in [6.07, 6.45) is 0.585. The van der Waals surface area contributed by atoms with Crippen LogP contribution in [0.1, 0.15) is 16.5 Å². The van der Waals surface area contributed by atoms with E-state index in [9.17, 15) is 4.39 Å². The van der Waals surface area contributed by atoms with Crippen LogP contribution < -0.4 is 4.74 Å². The predicted molar refractivity (Wildman–Crippen MR) is 79.4 cm³/mol. The maximum Gasteiger partial charge on any atom is 0.124 e. The number of hydrogen-bond acceptors (Lipinski definition) is 1. The zero-order valence-corrected chi connectivity index (χ0v) is 12.7. The number of ether oxygens (including phenoxy) is 1. The smallest absolute Gasteiger partial charge is 0.124 e. The molecular weight excluding hydrogens is 331 g/mol. The van der Waals surface area contributed by atoms with Gasteiger partial charge in [-0.3, -0.25) is 0 Å². The molecule has 0 N–H and O–H groups in total. The van der Waals surface area contributed by atoms with Crippen LogP contribution in [-0.4, -0.2) is 7.11 Å². The monoisotopic (exact) mass is 342 g/mol. The van der Waals surface area contributed by atoms with E-state index in [2.05, 4.69) is 15.9 Å². The summed E-state index contributed by atoms with van der Waals surface area (Å²) in [5.74, 6) is 0.499. The Morgan fingerprint density at radius 2 is 2.00 bits per heavy atom. The number of alkyl halides is 1. The molecule has 0 radical (unpaired) electrons. The average molecular weight is 344 g/mol. The Hall–Kier alpha value is -1.06. The number of methoxy groups -OCH3 is 1. The van der Waals surface area contributed by atoms with Crippen LogP contribution in [-0.2, 0) is 6.42 Å². The van der Waals surface area contributed by atoms with Crippen molar-refractivity contribution in [2.75, 3.05) is 7.11 Å². The lowest BCUT2D eigenvalue weighted by molar-refractivity contribution is 0.409. The first-order valence-electron chi connectivity index (χ1n) is 5.82. The van der Waals surface area contributed by atoms with Gasteiger partial charge in [0.05, 0.1) is 12.5 Å². The average Bonchev–Trinajstić information content (AvgIpc) is 2.38. The van der Waals surface area contributed by atoms with Gasteiger partial charge in [0.1, 0.15) is 11.6 Å². The molecule has 0 heterocycles.